The van der Waals surface area contributed by atoms with Gasteiger partial charge in [0.15, 0.2) is 5.13 Å². The monoisotopic (exact) mass is 469 g/mol. The van der Waals surface area contributed by atoms with Crippen molar-refractivity contribution < 1.29 is 9.90 Å². The number of nitrogens with two attached hydrogens (primary N) is 1. The van der Waals surface area contributed by atoms with E-state index in [0.717, 1.165) is 29.2 Å². The maximum Gasteiger partial charge on any atom is 0.325 e. The molecule has 1 aliphatic rings. The third kappa shape index (κ3) is 4.93. The Kier molecular flexibility index (Phi) is 6.74. The van der Waals surface area contributed by atoms with E-state index in [0.29, 0.717) is 29.2 Å². The van der Waals surface area contributed by atoms with E-state index in [-0.39, 0.29) is 11.9 Å². The van der Waals surface area contributed by atoms with Gasteiger partial charge in [-0.1, -0.05) is 54.1 Å². The van der Waals surface area contributed by atoms with Crippen LogP contribution in [0.25, 0.3) is 11.3 Å². The topological polar surface area (TPSA) is 115 Å². The van der Waals surface area contributed by atoms with Crippen LogP contribution in [0.2, 0.25) is 5.02 Å². The number of aromatic nitrogens is 1. The number of carboxylic acid groups (broad SMARTS) is 1. The van der Waals surface area contributed by atoms with Crippen molar-refractivity contribution in [2.45, 2.75) is 24.9 Å². The SMILES string of the molecule is N=C(N)c1ccc(-c2csc(NC3CCN(C(C(=O)O)c4ccccc4Cl)CC3)n2)cc1. The molecule has 1 aromatic heterocycles. The van der Waals surface area contributed by atoms with Crippen molar-refractivity contribution in [2.24, 2.45) is 5.73 Å². The summed E-state index contributed by atoms with van der Waals surface area (Å²) < 4.78 is 0. The van der Waals surface area contributed by atoms with E-state index in [9.17, 15) is 9.90 Å². The van der Waals surface area contributed by atoms with Gasteiger partial charge in [-0.2, -0.15) is 0 Å². The molecule has 2 aromatic carbocycles. The fourth-order valence-corrected chi connectivity index (χ4v) is 4.99. The van der Waals surface area contributed by atoms with Gasteiger partial charge in [0.25, 0.3) is 0 Å². The van der Waals surface area contributed by atoms with E-state index in [4.69, 9.17) is 22.7 Å². The van der Waals surface area contributed by atoms with Crippen LogP contribution < -0.4 is 11.1 Å². The van der Waals surface area contributed by atoms with Crippen molar-refractivity contribution in [3.8, 4) is 11.3 Å². The molecule has 1 unspecified atom stereocenters. The van der Waals surface area contributed by atoms with Crippen LogP contribution in [0.4, 0.5) is 5.13 Å². The lowest BCUT2D eigenvalue weighted by Crippen LogP contribution is -2.43. The number of thiazole rings is 1. The number of likely N-dealkylation sites (tertiary alicyclic amines) is 1. The number of hydrogen-bond donors (Lipinski definition) is 4. The number of rotatable bonds is 7. The number of halogens is 1. The van der Waals surface area contributed by atoms with Gasteiger partial charge in [-0.15, -0.1) is 11.3 Å². The van der Waals surface area contributed by atoms with Gasteiger partial charge in [0.05, 0.1) is 5.69 Å². The minimum atomic E-state index is -0.884. The molecule has 2 heterocycles. The average molecular weight is 470 g/mol. The fraction of sp³-hybridized carbons (Fsp3) is 0.261. The smallest absolute Gasteiger partial charge is 0.325 e. The number of carboxylic acids is 1. The third-order valence-corrected chi connectivity index (χ3v) is 6.77. The lowest BCUT2D eigenvalue weighted by molar-refractivity contribution is -0.144. The normalized spacial score (nSPS) is 15.9. The number of hydrogen-bond acceptors (Lipinski definition) is 6. The Morgan fingerprint density at radius 2 is 1.91 bits per heavy atom. The molecule has 1 aliphatic heterocycles. The predicted molar refractivity (Wildman–Crippen MR) is 129 cm³/mol. The summed E-state index contributed by atoms with van der Waals surface area (Å²) in [4.78, 5) is 18.6. The lowest BCUT2D eigenvalue weighted by atomic mass is 9.99. The number of anilines is 1. The number of amidine groups is 1. The molecule has 4 rings (SSSR count). The molecule has 0 amide bonds. The molecule has 1 fully saturated rings. The molecule has 1 atom stereocenters. The van der Waals surface area contributed by atoms with Crippen LogP contribution in [0.3, 0.4) is 0 Å². The minimum absolute atomic E-state index is 0.0446. The summed E-state index contributed by atoms with van der Waals surface area (Å²) in [5.41, 5.74) is 8.67. The Balaban J connectivity index is 1.37. The highest BCUT2D eigenvalue weighted by atomic mass is 35.5. The van der Waals surface area contributed by atoms with Crippen molar-refractivity contribution in [2.75, 3.05) is 18.4 Å². The maximum absolute atomic E-state index is 12.0. The molecular weight excluding hydrogens is 446 g/mol. The molecule has 0 spiro atoms. The van der Waals surface area contributed by atoms with Gasteiger partial charge in [0.1, 0.15) is 11.9 Å². The number of carbonyl (C=O) groups is 1. The Labute approximate surface area is 195 Å². The summed E-state index contributed by atoms with van der Waals surface area (Å²) in [7, 11) is 0. The number of aliphatic carboxylic acids is 1. The fourth-order valence-electron chi connectivity index (χ4n) is 3.95. The van der Waals surface area contributed by atoms with E-state index in [1.54, 1.807) is 29.5 Å². The molecule has 9 heteroatoms. The highest BCUT2D eigenvalue weighted by Gasteiger charge is 2.32. The zero-order chi connectivity index (χ0) is 22.7. The Bertz CT molecular complexity index is 1110. The van der Waals surface area contributed by atoms with Gasteiger partial charge < -0.3 is 16.2 Å². The van der Waals surface area contributed by atoms with Gasteiger partial charge in [-0.05, 0) is 24.5 Å². The lowest BCUT2D eigenvalue weighted by Gasteiger charge is -2.36. The van der Waals surface area contributed by atoms with Crippen LogP contribution in [-0.4, -0.2) is 45.9 Å². The summed E-state index contributed by atoms with van der Waals surface area (Å²) in [6.45, 7) is 1.31. The highest BCUT2D eigenvalue weighted by Crippen LogP contribution is 2.31. The first kappa shape index (κ1) is 22.3. The maximum atomic E-state index is 12.0. The van der Waals surface area contributed by atoms with E-state index >= 15 is 0 Å². The molecule has 0 saturated carbocycles. The largest absolute Gasteiger partial charge is 0.480 e. The zero-order valence-electron chi connectivity index (χ0n) is 17.3. The van der Waals surface area contributed by atoms with Gasteiger partial charge in [-0.3, -0.25) is 15.1 Å². The first-order valence-corrected chi connectivity index (χ1v) is 11.6. The number of nitrogens with one attached hydrogen (secondary N) is 2. The molecule has 3 aromatic rings. The summed E-state index contributed by atoms with van der Waals surface area (Å²) in [5, 5.41) is 24.1. The van der Waals surface area contributed by atoms with Crippen molar-refractivity contribution in [1.82, 2.24) is 9.88 Å². The second-order valence-electron chi connectivity index (χ2n) is 7.75. The Hall–Kier alpha value is -2.94. The van der Waals surface area contributed by atoms with Gasteiger partial charge in [0.2, 0.25) is 0 Å². The molecular formula is C23H24ClN5O2S. The van der Waals surface area contributed by atoms with E-state index < -0.39 is 12.0 Å². The Morgan fingerprint density at radius 3 is 2.53 bits per heavy atom. The number of benzene rings is 2. The van der Waals surface area contributed by atoms with Gasteiger partial charge in [0, 0.05) is 40.7 Å². The molecule has 1 saturated heterocycles. The van der Waals surface area contributed by atoms with Crippen LogP contribution >= 0.6 is 22.9 Å². The number of piperidine rings is 1. The summed E-state index contributed by atoms with van der Waals surface area (Å²) >= 11 is 7.81. The summed E-state index contributed by atoms with van der Waals surface area (Å²) in [5.74, 6) is -0.840. The standard InChI is InChI=1S/C23H24ClN5O2S/c24-18-4-2-1-3-17(18)20(22(30)31)29-11-9-16(10-12-29)27-23-28-19(13-32-23)14-5-7-15(8-6-14)21(25)26/h1-8,13,16,20H,9-12H2,(H3,25,26)(H,27,28)(H,30,31). The van der Waals surface area contributed by atoms with Crippen LogP contribution in [0.5, 0.6) is 0 Å². The van der Waals surface area contributed by atoms with E-state index in [1.165, 1.54) is 0 Å². The van der Waals surface area contributed by atoms with Crippen molar-refractivity contribution in [3.05, 3.63) is 70.1 Å². The predicted octanol–water partition coefficient (Wildman–Crippen LogP) is 4.45. The highest BCUT2D eigenvalue weighted by molar-refractivity contribution is 7.14. The second-order valence-corrected chi connectivity index (χ2v) is 9.01. The molecule has 7 nitrogen and oxygen atoms in total. The van der Waals surface area contributed by atoms with E-state index in [2.05, 4.69) is 10.3 Å². The minimum Gasteiger partial charge on any atom is -0.480 e. The average Bonchev–Trinajstić information content (AvgIpc) is 3.25. The molecule has 166 valence electrons. The van der Waals surface area contributed by atoms with Crippen LogP contribution in [0.1, 0.15) is 30.0 Å². The van der Waals surface area contributed by atoms with Crippen molar-refractivity contribution in [3.63, 3.8) is 0 Å². The van der Waals surface area contributed by atoms with Crippen molar-refractivity contribution in [1.29, 1.82) is 5.41 Å². The Morgan fingerprint density at radius 1 is 1.22 bits per heavy atom. The van der Waals surface area contributed by atoms with Crippen molar-refractivity contribution >= 4 is 39.9 Å². The molecule has 0 aliphatic carbocycles. The van der Waals surface area contributed by atoms with Crippen LogP contribution in [0, 0.1) is 5.41 Å². The number of nitrogens with zero attached hydrogens (tertiary/aromatic N) is 2. The molecule has 32 heavy (non-hydrogen) atoms. The zero-order valence-corrected chi connectivity index (χ0v) is 18.9. The van der Waals surface area contributed by atoms with Crippen LogP contribution in [-0.2, 0) is 4.79 Å². The molecule has 5 N–H and O–H groups in total. The van der Waals surface area contributed by atoms with Gasteiger partial charge in [-0.25, -0.2) is 4.98 Å². The quantitative estimate of drug-likeness (QED) is 0.300. The first-order valence-electron chi connectivity index (χ1n) is 10.3. The molecule has 0 radical (unpaired) electrons. The number of nitrogen functional groups attached to an aromatic ring is 1. The summed E-state index contributed by atoms with van der Waals surface area (Å²) in [6.07, 6.45) is 1.63. The summed E-state index contributed by atoms with van der Waals surface area (Å²) in [6, 6.07) is 14.1. The van der Waals surface area contributed by atoms with Crippen LogP contribution in [0.15, 0.2) is 53.9 Å². The third-order valence-electron chi connectivity index (χ3n) is 5.65. The molecule has 0 bridgehead atoms. The second kappa shape index (κ2) is 9.68. The first-order chi connectivity index (χ1) is 15.4. The van der Waals surface area contributed by atoms with Gasteiger partial charge >= 0.3 is 5.97 Å². The van der Waals surface area contributed by atoms with E-state index in [1.807, 2.05) is 40.6 Å².